The number of hydrogen-bond donors (Lipinski definition) is 3. The molecular formula is C7H13F3N4. The van der Waals surface area contributed by atoms with E-state index >= 15 is 0 Å². The Hall–Kier alpha value is -0.950. The zero-order valence-corrected chi connectivity index (χ0v) is 8.16. The van der Waals surface area contributed by atoms with Crippen LogP contribution in [0, 0.1) is 0 Å². The highest BCUT2D eigenvalue weighted by Gasteiger charge is 2.48. The van der Waals surface area contributed by atoms with Gasteiger partial charge in [-0.1, -0.05) is 0 Å². The minimum atomic E-state index is -4.45. The summed E-state index contributed by atoms with van der Waals surface area (Å²) in [5.41, 5.74) is 5.45. The molecule has 0 aromatic heterocycles. The molecule has 4 nitrogen and oxygen atoms in total. The Kier molecular flexibility index (Phi) is 2.41. The minimum absolute atomic E-state index is 0.255. The maximum atomic E-state index is 12.4. The summed E-state index contributed by atoms with van der Waals surface area (Å²) in [6.45, 7) is 1.56. The van der Waals surface area contributed by atoms with E-state index in [0.29, 0.717) is 0 Å². The average Bonchev–Trinajstić information content (AvgIpc) is 2.29. The quantitative estimate of drug-likeness (QED) is 0.574. The number of halogens is 3. The predicted molar refractivity (Wildman–Crippen MR) is 45.6 cm³/mol. The van der Waals surface area contributed by atoms with Gasteiger partial charge < -0.3 is 11.2 Å². The first-order chi connectivity index (χ1) is 6.23. The Morgan fingerprint density at radius 1 is 1.50 bits per heavy atom. The van der Waals surface area contributed by atoms with Gasteiger partial charge in [-0.2, -0.15) is 13.2 Å². The fraction of sp³-hybridized carbons (Fsp3) is 0.714. The molecule has 4 N–H and O–H groups in total. The van der Waals surface area contributed by atoms with Crippen LogP contribution in [0.2, 0.25) is 0 Å². The van der Waals surface area contributed by atoms with Crippen LogP contribution in [-0.2, 0) is 0 Å². The van der Waals surface area contributed by atoms with Crippen LogP contribution in [0.3, 0.4) is 0 Å². The summed E-state index contributed by atoms with van der Waals surface area (Å²) >= 11 is 0. The molecule has 0 bridgehead atoms. The van der Waals surface area contributed by atoms with Gasteiger partial charge in [0.2, 0.25) is 0 Å². The summed E-state index contributed by atoms with van der Waals surface area (Å²) in [6, 6.07) is 0. The number of nitrogens with zero attached hydrogens (tertiary/aromatic N) is 1. The Balaban J connectivity index is 3.12. The molecule has 0 aromatic carbocycles. The second-order valence-corrected chi connectivity index (χ2v) is 3.28. The van der Waals surface area contributed by atoms with Crippen LogP contribution in [0.1, 0.15) is 6.92 Å². The average molecular weight is 210 g/mol. The van der Waals surface area contributed by atoms with Gasteiger partial charge in [0.1, 0.15) is 5.66 Å². The molecule has 1 aliphatic heterocycles. The Bertz CT molecular complexity index is 273. The van der Waals surface area contributed by atoms with E-state index in [4.69, 9.17) is 5.73 Å². The van der Waals surface area contributed by atoms with Crippen molar-refractivity contribution in [2.45, 2.75) is 18.8 Å². The molecular weight excluding hydrogens is 197 g/mol. The predicted octanol–water partition coefficient (Wildman–Crippen LogP) is 0.105. The number of alkyl halides is 3. The van der Waals surface area contributed by atoms with Crippen LogP contribution in [0.4, 0.5) is 13.2 Å². The highest BCUT2D eigenvalue weighted by molar-refractivity contribution is 5.28. The largest absolute Gasteiger partial charge is 0.434 e. The van der Waals surface area contributed by atoms with Gasteiger partial charge >= 0.3 is 6.18 Å². The lowest BCUT2D eigenvalue weighted by molar-refractivity contribution is -0.101. The van der Waals surface area contributed by atoms with E-state index in [-0.39, 0.29) is 5.70 Å². The molecule has 0 fully saturated rings. The number of hydrogen-bond acceptors (Lipinski definition) is 4. The number of likely N-dealkylation sites (N-methyl/N-ethyl adjacent to an activating group) is 2. The number of hydrazine groups is 1. The van der Waals surface area contributed by atoms with Crippen molar-refractivity contribution in [2.75, 3.05) is 14.1 Å². The monoisotopic (exact) mass is 210 g/mol. The van der Waals surface area contributed by atoms with Gasteiger partial charge in [-0.15, -0.1) is 0 Å². The van der Waals surface area contributed by atoms with Crippen LogP contribution >= 0.6 is 0 Å². The van der Waals surface area contributed by atoms with Crippen LogP contribution in [0.5, 0.6) is 0 Å². The normalized spacial score (nSPS) is 29.6. The van der Waals surface area contributed by atoms with E-state index in [1.807, 2.05) is 0 Å². The van der Waals surface area contributed by atoms with Crippen molar-refractivity contribution in [1.82, 2.24) is 15.8 Å². The molecule has 82 valence electrons. The molecule has 1 atom stereocenters. The van der Waals surface area contributed by atoms with Crippen LogP contribution in [0.25, 0.3) is 0 Å². The van der Waals surface area contributed by atoms with Crippen LogP contribution in [-0.4, -0.2) is 30.9 Å². The molecule has 1 unspecified atom stereocenters. The number of nitrogens with one attached hydrogen (secondary N) is 2. The number of allylic oxidation sites excluding steroid dienone is 1. The van der Waals surface area contributed by atoms with Crippen molar-refractivity contribution in [2.24, 2.45) is 5.73 Å². The summed E-state index contributed by atoms with van der Waals surface area (Å²) < 4.78 is 37.2. The molecule has 0 radical (unpaired) electrons. The first kappa shape index (κ1) is 11.1. The lowest BCUT2D eigenvalue weighted by atomic mass is 10.1. The highest BCUT2D eigenvalue weighted by Crippen LogP contribution is 2.33. The maximum absolute atomic E-state index is 12.4. The molecule has 0 aromatic rings. The fourth-order valence-electron chi connectivity index (χ4n) is 1.28. The Morgan fingerprint density at radius 3 is 2.21 bits per heavy atom. The van der Waals surface area contributed by atoms with Crippen molar-refractivity contribution in [1.29, 1.82) is 0 Å². The van der Waals surface area contributed by atoms with Gasteiger partial charge in [0.25, 0.3) is 0 Å². The molecule has 0 spiro atoms. The second-order valence-electron chi connectivity index (χ2n) is 3.28. The van der Waals surface area contributed by atoms with E-state index < -0.39 is 17.5 Å². The van der Waals surface area contributed by atoms with Gasteiger partial charge in [-0.3, -0.25) is 5.32 Å². The highest BCUT2D eigenvalue weighted by atomic mass is 19.4. The van der Waals surface area contributed by atoms with Gasteiger partial charge in [0.15, 0.2) is 5.70 Å². The van der Waals surface area contributed by atoms with Crippen molar-refractivity contribution in [3.63, 3.8) is 0 Å². The smallest absolute Gasteiger partial charge is 0.398 e. The van der Waals surface area contributed by atoms with Gasteiger partial charge in [0, 0.05) is 7.05 Å². The second kappa shape index (κ2) is 3.03. The van der Waals surface area contributed by atoms with E-state index in [0.717, 1.165) is 0 Å². The Labute approximate surface area is 79.9 Å². The van der Waals surface area contributed by atoms with Gasteiger partial charge in [-0.25, -0.2) is 5.01 Å². The van der Waals surface area contributed by atoms with Gasteiger partial charge in [0.05, 0.1) is 5.70 Å². The molecule has 0 aliphatic carbocycles. The molecule has 1 aliphatic rings. The first-order valence-electron chi connectivity index (χ1n) is 4.00. The Morgan fingerprint density at radius 2 is 2.00 bits per heavy atom. The van der Waals surface area contributed by atoms with Gasteiger partial charge in [-0.05, 0) is 14.0 Å². The third-order valence-corrected chi connectivity index (χ3v) is 2.51. The van der Waals surface area contributed by atoms with Crippen LogP contribution in [0.15, 0.2) is 11.4 Å². The minimum Gasteiger partial charge on any atom is -0.398 e. The van der Waals surface area contributed by atoms with Crippen molar-refractivity contribution in [3.8, 4) is 0 Å². The third kappa shape index (κ3) is 1.42. The van der Waals surface area contributed by atoms with Crippen molar-refractivity contribution >= 4 is 0 Å². The molecule has 1 heterocycles. The van der Waals surface area contributed by atoms with Crippen molar-refractivity contribution in [3.05, 3.63) is 11.4 Å². The molecule has 0 amide bonds. The van der Waals surface area contributed by atoms with E-state index in [1.165, 1.54) is 12.1 Å². The lowest BCUT2D eigenvalue weighted by Gasteiger charge is -2.32. The third-order valence-electron chi connectivity index (χ3n) is 2.51. The first-order valence-corrected chi connectivity index (χ1v) is 4.00. The fourth-order valence-corrected chi connectivity index (χ4v) is 1.28. The molecule has 0 saturated heterocycles. The van der Waals surface area contributed by atoms with Crippen LogP contribution < -0.4 is 16.5 Å². The standard InChI is InChI=1S/C7H13F3N4/c1-6(12-2)4(11)5(7(8,9)10)13-14(6)3/h12-13H,11H2,1-3H3. The van der Waals surface area contributed by atoms with E-state index in [1.54, 1.807) is 14.0 Å². The lowest BCUT2D eigenvalue weighted by Crippen LogP contribution is -2.56. The topological polar surface area (TPSA) is 53.3 Å². The summed E-state index contributed by atoms with van der Waals surface area (Å²) in [4.78, 5) is 0. The molecule has 0 saturated carbocycles. The van der Waals surface area contributed by atoms with E-state index in [2.05, 4.69) is 10.7 Å². The summed E-state index contributed by atoms with van der Waals surface area (Å²) in [6.07, 6.45) is -4.45. The number of rotatable bonds is 1. The molecule has 14 heavy (non-hydrogen) atoms. The zero-order chi connectivity index (χ0) is 11.1. The van der Waals surface area contributed by atoms with E-state index in [9.17, 15) is 13.2 Å². The molecule has 1 rings (SSSR count). The summed E-state index contributed by atoms with van der Waals surface area (Å²) in [5.74, 6) is 0. The number of nitrogens with two attached hydrogens (primary N) is 1. The molecule has 7 heteroatoms. The SMILES string of the molecule is CNC1(C)C(N)=C(C(F)(F)F)NN1C. The summed E-state index contributed by atoms with van der Waals surface area (Å²) in [7, 11) is 3.03. The summed E-state index contributed by atoms with van der Waals surface area (Å²) in [5, 5.41) is 4.01. The maximum Gasteiger partial charge on any atom is 0.434 e. The zero-order valence-electron chi connectivity index (χ0n) is 8.16. The van der Waals surface area contributed by atoms with Crippen molar-refractivity contribution < 1.29 is 13.2 Å².